The average molecular weight is 316 g/mol. The Morgan fingerprint density at radius 2 is 2.41 bits per heavy atom. The fourth-order valence-corrected chi connectivity index (χ4v) is 2.77. The van der Waals surface area contributed by atoms with E-state index in [0.717, 1.165) is 10.3 Å². The number of rotatable bonds is 5. The summed E-state index contributed by atoms with van der Waals surface area (Å²) in [5.74, 6) is 0.580. The van der Waals surface area contributed by atoms with E-state index in [1.165, 1.54) is 5.56 Å². The van der Waals surface area contributed by atoms with E-state index in [0.29, 0.717) is 12.3 Å². The molecule has 1 atom stereocenters. The molecule has 92 valence electrons. The first-order valence-corrected chi connectivity index (χ1v) is 6.95. The van der Waals surface area contributed by atoms with Gasteiger partial charge in [-0.05, 0) is 52.0 Å². The maximum absolute atomic E-state index is 10.2. The van der Waals surface area contributed by atoms with Crippen molar-refractivity contribution in [2.24, 2.45) is 0 Å². The normalized spacial score (nSPS) is 14.8. The molecule has 0 saturated heterocycles. The van der Waals surface area contributed by atoms with Crippen LogP contribution in [0, 0.1) is 0 Å². The lowest BCUT2D eigenvalue weighted by Gasteiger charge is -2.21. The van der Waals surface area contributed by atoms with Crippen LogP contribution < -0.4 is 5.32 Å². The number of aliphatic hydroxyl groups is 1. The first kappa shape index (κ1) is 12.8. The molecule has 0 fully saturated rings. The highest BCUT2D eigenvalue weighted by Gasteiger charge is 2.25. The van der Waals surface area contributed by atoms with Crippen molar-refractivity contribution in [1.29, 1.82) is 0 Å². The van der Waals surface area contributed by atoms with Crippen LogP contribution in [0.4, 0.5) is 0 Å². The van der Waals surface area contributed by atoms with Crippen LogP contribution in [0.2, 0.25) is 0 Å². The van der Waals surface area contributed by atoms with Gasteiger partial charge < -0.3 is 14.8 Å². The van der Waals surface area contributed by atoms with Crippen molar-refractivity contribution in [2.75, 3.05) is 6.54 Å². The molecule has 5 heteroatoms. The van der Waals surface area contributed by atoms with Crippen LogP contribution in [0.3, 0.4) is 0 Å². The molecule has 0 bridgehead atoms. The summed E-state index contributed by atoms with van der Waals surface area (Å²) >= 11 is 5.08. The Bertz CT molecular complexity index is 465. The van der Waals surface area contributed by atoms with Crippen molar-refractivity contribution in [3.05, 3.63) is 45.0 Å². The lowest BCUT2D eigenvalue weighted by molar-refractivity contribution is 0.0340. The molecule has 0 saturated carbocycles. The van der Waals surface area contributed by atoms with Gasteiger partial charge in [-0.1, -0.05) is 0 Å². The van der Waals surface area contributed by atoms with Crippen molar-refractivity contribution in [3.8, 4) is 0 Å². The number of furan rings is 1. The van der Waals surface area contributed by atoms with E-state index < -0.39 is 5.60 Å². The van der Waals surface area contributed by atoms with Gasteiger partial charge in [0, 0.05) is 13.1 Å². The lowest BCUT2D eigenvalue weighted by atomic mass is 10.0. The first-order valence-electron chi connectivity index (χ1n) is 5.28. The maximum atomic E-state index is 10.2. The van der Waals surface area contributed by atoms with Crippen LogP contribution in [0.15, 0.2) is 38.0 Å². The van der Waals surface area contributed by atoms with E-state index in [2.05, 4.69) is 32.7 Å². The second kappa shape index (κ2) is 5.35. The smallest absolute Gasteiger partial charge is 0.136 e. The number of halogens is 1. The standard InChI is InChI=1S/C12H14BrNO2S/c1-12(15,10-3-2-4-16-10)8-14-6-9-5-11(13)17-7-9/h2-5,7,14-15H,6,8H2,1H3. The number of thiophene rings is 1. The molecule has 0 spiro atoms. The van der Waals surface area contributed by atoms with Gasteiger partial charge in [0.2, 0.25) is 0 Å². The van der Waals surface area contributed by atoms with Crippen LogP contribution in [0.5, 0.6) is 0 Å². The summed E-state index contributed by atoms with van der Waals surface area (Å²) in [4.78, 5) is 0. The van der Waals surface area contributed by atoms with E-state index in [1.807, 2.05) is 0 Å². The fraction of sp³-hybridized carbons (Fsp3) is 0.333. The summed E-state index contributed by atoms with van der Waals surface area (Å²) in [6.07, 6.45) is 1.57. The minimum absolute atomic E-state index is 0.452. The molecule has 2 aromatic heterocycles. The van der Waals surface area contributed by atoms with Crippen LogP contribution in [-0.2, 0) is 12.1 Å². The topological polar surface area (TPSA) is 45.4 Å². The minimum atomic E-state index is -0.975. The molecule has 2 rings (SSSR count). The molecule has 17 heavy (non-hydrogen) atoms. The van der Waals surface area contributed by atoms with Crippen molar-refractivity contribution >= 4 is 27.3 Å². The first-order chi connectivity index (χ1) is 8.08. The number of hydrogen-bond donors (Lipinski definition) is 2. The molecule has 2 N–H and O–H groups in total. The summed E-state index contributed by atoms with van der Waals surface area (Å²) in [6, 6.07) is 5.63. The third kappa shape index (κ3) is 3.42. The third-order valence-electron chi connectivity index (χ3n) is 2.47. The van der Waals surface area contributed by atoms with E-state index in [-0.39, 0.29) is 0 Å². The van der Waals surface area contributed by atoms with Crippen LogP contribution in [0.25, 0.3) is 0 Å². The molecule has 2 aromatic rings. The second-order valence-electron chi connectivity index (χ2n) is 4.11. The van der Waals surface area contributed by atoms with E-state index in [9.17, 15) is 5.11 Å². The van der Waals surface area contributed by atoms with Gasteiger partial charge in [-0.25, -0.2) is 0 Å². The molecule has 0 aliphatic rings. The van der Waals surface area contributed by atoms with Crippen LogP contribution in [0.1, 0.15) is 18.2 Å². The Kier molecular flexibility index (Phi) is 4.04. The summed E-state index contributed by atoms with van der Waals surface area (Å²) in [5.41, 5.74) is 0.230. The largest absolute Gasteiger partial charge is 0.466 e. The van der Waals surface area contributed by atoms with Gasteiger partial charge in [0.25, 0.3) is 0 Å². The Hall–Kier alpha value is -0.620. The Labute approximate surface area is 113 Å². The summed E-state index contributed by atoms with van der Waals surface area (Å²) in [7, 11) is 0. The van der Waals surface area contributed by atoms with Crippen molar-refractivity contribution in [2.45, 2.75) is 19.1 Å². The van der Waals surface area contributed by atoms with E-state index in [4.69, 9.17) is 4.42 Å². The zero-order valence-electron chi connectivity index (χ0n) is 9.44. The molecule has 3 nitrogen and oxygen atoms in total. The SMILES string of the molecule is CC(O)(CNCc1csc(Br)c1)c1ccco1. The molecule has 0 amide bonds. The molecular weight excluding hydrogens is 302 g/mol. The van der Waals surface area contributed by atoms with Crippen molar-refractivity contribution in [1.82, 2.24) is 5.32 Å². The Morgan fingerprint density at radius 1 is 1.59 bits per heavy atom. The maximum Gasteiger partial charge on any atom is 0.136 e. The monoisotopic (exact) mass is 315 g/mol. The van der Waals surface area contributed by atoms with Crippen LogP contribution >= 0.6 is 27.3 Å². The van der Waals surface area contributed by atoms with Gasteiger partial charge in [-0.3, -0.25) is 0 Å². The highest BCUT2D eigenvalue weighted by molar-refractivity contribution is 9.11. The quantitative estimate of drug-likeness (QED) is 0.891. The van der Waals surface area contributed by atoms with Gasteiger partial charge in [0.05, 0.1) is 10.0 Å². The summed E-state index contributed by atoms with van der Waals surface area (Å²) in [5, 5.41) is 15.5. The highest BCUT2D eigenvalue weighted by atomic mass is 79.9. The molecule has 0 aliphatic carbocycles. The second-order valence-corrected chi connectivity index (χ2v) is 6.40. The molecule has 2 heterocycles. The van der Waals surface area contributed by atoms with Gasteiger partial charge in [0.1, 0.15) is 11.4 Å². The number of hydrogen-bond acceptors (Lipinski definition) is 4. The van der Waals surface area contributed by atoms with Crippen molar-refractivity contribution in [3.63, 3.8) is 0 Å². The fourth-order valence-electron chi connectivity index (χ4n) is 1.56. The zero-order chi connectivity index (χ0) is 12.3. The summed E-state index contributed by atoms with van der Waals surface area (Å²) in [6.45, 7) is 2.93. The Balaban J connectivity index is 1.86. The molecule has 0 aliphatic heterocycles. The minimum Gasteiger partial charge on any atom is -0.466 e. The van der Waals surface area contributed by atoms with Crippen molar-refractivity contribution < 1.29 is 9.52 Å². The molecule has 0 radical (unpaired) electrons. The number of nitrogens with one attached hydrogen (secondary N) is 1. The van der Waals surface area contributed by atoms with Gasteiger partial charge in [-0.2, -0.15) is 0 Å². The van der Waals surface area contributed by atoms with E-state index >= 15 is 0 Å². The molecule has 1 unspecified atom stereocenters. The molecule has 0 aromatic carbocycles. The summed E-state index contributed by atoms with van der Waals surface area (Å²) < 4.78 is 6.33. The predicted octanol–water partition coefficient (Wildman–Crippen LogP) is 3.10. The molecular formula is C12H14BrNO2S. The van der Waals surface area contributed by atoms with E-state index in [1.54, 1.807) is 36.7 Å². The predicted molar refractivity (Wildman–Crippen MR) is 72.0 cm³/mol. The zero-order valence-corrected chi connectivity index (χ0v) is 11.8. The average Bonchev–Trinajstić information content (AvgIpc) is 2.89. The van der Waals surface area contributed by atoms with Gasteiger partial charge in [-0.15, -0.1) is 11.3 Å². The highest BCUT2D eigenvalue weighted by Crippen LogP contribution is 2.22. The van der Waals surface area contributed by atoms with Gasteiger partial charge >= 0.3 is 0 Å². The van der Waals surface area contributed by atoms with Gasteiger partial charge in [0.15, 0.2) is 0 Å². The third-order valence-corrected chi connectivity index (χ3v) is 4.03. The Morgan fingerprint density at radius 3 is 3.00 bits per heavy atom. The lowest BCUT2D eigenvalue weighted by Crippen LogP contribution is -2.34. The van der Waals surface area contributed by atoms with Crippen LogP contribution in [-0.4, -0.2) is 11.7 Å².